The van der Waals surface area contributed by atoms with E-state index in [1.54, 1.807) is 7.11 Å². The van der Waals surface area contributed by atoms with E-state index in [1.165, 1.54) is 5.56 Å². The van der Waals surface area contributed by atoms with Crippen LogP contribution in [0.3, 0.4) is 0 Å². The number of ether oxygens (including phenoxy) is 1. The highest BCUT2D eigenvalue weighted by atomic mass is 16.5. The van der Waals surface area contributed by atoms with Crippen LogP contribution in [0.15, 0.2) is 24.3 Å². The normalized spacial score (nSPS) is 11.6. The molecule has 3 heteroatoms. The smallest absolute Gasteiger partial charge is 0.164 e. The van der Waals surface area contributed by atoms with Crippen LogP contribution in [0.2, 0.25) is 0 Å². The van der Waals surface area contributed by atoms with Crippen molar-refractivity contribution in [3.05, 3.63) is 35.4 Å². The van der Waals surface area contributed by atoms with Crippen LogP contribution in [-0.4, -0.2) is 25.0 Å². The molecule has 0 unspecified atom stereocenters. The van der Waals surface area contributed by atoms with Crippen LogP contribution >= 0.6 is 0 Å². The van der Waals surface area contributed by atoms with Gasteiger partial charge >= 0.3 is 0 Å². The predicted octanol–water partition coefficient (Wildman–Crippen LogP) is 2.58. The fourth-order valence-electron chi connectivity index (χ4n) is 1.68. The van der Waals surface area contributed by atoms with Crippen molar-refractivity contribution in [3.63, 3.8) is 0 Å². The lowest BCUT2D eigenvalue weighted by Crippen LogP contribution is -2.22. The number of carbonyl (C=O) groups is 1. The van der Waals surface area contributed by atoms with E-state index in [1.807, 2.05) is 24.3 Å². The Kier molecular flexibility index (Phi) is 5.51. The Hall–Kier alpha value is -1.19. The molecule has 0 spiro atoms. The number of hydrogen-bond donors (Lipinski definition) is 1. The average molecular weight is 249 g/mol. The van der Waals surface area contributed by atoms with Gasteiger partial charge in [-0.05, 0) is 38.8 Å². The topological polar surface area (TPSA) is 52.3 Å². The van der Waals surface area contributed by atoms with Gasteiger partial charge in [0, 0.05) is 19.1 Å². The molecule has 0 aliphatic heterocycles. The second-order valence-corrected chi connectivity index (χ2v) is 5.12. The van der Waals surface area contributed by atoms with E-state index in [9.17, 15) is 4.79 Å². The van der Waals surface area contributed by atoms with Crippen molar-refractivity contribution in [1.29, 1.82) is 0 Å². The van der Waals surface area contributed by atoms with Crippen molar-refractivity contribution in [3.8, 4) is 0 Å². The number of nitrogens with two attached hydrogens (primary N) is 1. The Labute approximate surface area is 109 Å². The van der Waals surface area contributed by atoms with Crippen LogP contribution in [-0.2, 0) is 11.2 Å². The maximum atomic E-state index is 11.6. The van der Waals surface area contributed by atoms with E-state index in [2.05, 4.69) is 13.8 Å². The minimum absolute atomic E-state index is 0.103. The summed E-state index contributed by atoms with van der Waals surface area (Å²) in [5.74, 6) is 0.112. The first-order chi connectivity index (χ1) is 8.48. The molecule has 0 saturated heterocycles. The highest BCUT2D eigenvalue weighted by Crippen LogP contribution is 2.17. The molecule has 0 atom stereocenters. The van der Waals surface area contributed by atoms with E-state index in [4.69, 9.17) is 10.5 Å². The number of aryl methyl sites for hydroxylation is 1. The Morgan fingerprint density at radius 3 is 2.39 bits per heavy atom. The van der Waals surface area contributed by atoms with Crippen LogP contribution in [0, 0.1) is 0 Å². The zero-order valence-corrected chi connectivity index (χ0v) is 11.5. The molecule has 0 aliphatic rings. The van der Waals surface area contributed by atoms with Crippen LogP contribution in [0.1, 0.15) is 42.6 Å². The molecule has 18 heavy (non-hydrogen) atoms. The number of methoxy groups -OCH3 is 1. The summed E-state index contributed by atoms with van der Waals surface area (Å²) in [6.07, 6.45) is 2.32. The molecule has 0 amide bonds. The number of benzene rings is 1. The molecule has 0 aliphatic carbocycles. The summed E-state index contributed by atoms with van der Waals surface area (Å²) in [5.41, 5.74) is 7.24. The van der Waals surface area contributed by atoms with Gasteiger partial charge in [0.15, 0.2) is 5.78 Å². The first kappa shape index (κ1) is 14.9. The second-order valence-electron chi connectivity index (χ2n) is 5.12. The summed E-state index contributed by atoms with van der Waals surface area (Å²) >= 11 is 0. The maximum Gasteiger partial charge on any atom is 0.164 e. The molecule has 0 heterocycles. The minimum Gasteiger partial charge on any atom is -0.379 e. The van der Waals surface area contributed by atoms with Gasteiger partial charge in [-0.3, -0.25) is 4.79 Å². The SMILES string of the molecule is COC(C)(C)CCc1ccc(C(=O)CCN)cc1. The van der Waals surface area contributed by atoms with Crippen LogP contribution in [0.25, 0.3) is 0 Å². The molecule has 3 nitrogen and oxygen atoms in total. The Bertz CT molecular complexity index is 382. The van der Waals surface area contributed by atoms with Gasteiger partial charge < -0.3 is 10.5 Å². The van der Waals surface area contributed by atoms with E-state index >= 15 is 0 Å². The zero-order valence-electron chi connectivity index (χ0n) is 11.5. The van der Waals surface area contributed by atoms with Crippen molar-refractivity contribution in [2.45, 2.75) is 38.7 Å². The van der Waals surface area contributed by atoms with Gasteiger partial charge in [0.25, 0.3) is 0 Å². The molecule has 1 rings (SSSR count). The van der Waals surface area contributed by atoms with E-state index in [0.29, 0.717) is 13.0 Å². The highest BCUT2D eigenvalue weighted by molar-refractivity contribution is 5.96. The molecular formula is C15H23NO2. The fraction of sp³-hybridized carbons (Fsp3) is 0.533. The largest absolute Gasteiger partial charge is 0.379 e. The lowest BCUT2D eigenvalue weighted by atomic mass is 9.97. The maximum absolute atomic E-state index is 11.6. The number of carbonyl (C=O) groups excluding carboxylic acids is 1. The Balaban J connectivity index is 2.58. The Morgan fingerprint density at radius 2 is 1.89 bits per heavy atom. The fourth-order valence-corrected chi connectivity index (χ4v) is 1.68. The summed E-state index contributed by atoms with van der Waals surface area (Å²) in [5, 5.41) is 0. The van der Waals surface area contributed by atoms with Gasteiger partial charge in [0.2, 0.25) is 0 Å². The molecule has 0 radical (unpaired) electrons. The van der Waals surface area contributed by atoms with Crippen molar-refractivity contribution >= 4 is 5.78 Å². The molecule has 0 saturated carbocycles. The molecule has 1 aromatic rings. The molecule has 0 bridgehead atoms. The van der Waals surface area contributed by atoms with Crippen molar-refractivity contribution in [1.82, 2.24) is 0 Å². The summed E-state index contributed by atoms with van der Waals surface area (Å²) in [7, 11) is 1.73. The molecule has 100 valence electrons. The standard InChI is InChI=1S/C15H23NO2/c1-15(2,18-3)10-8-12-4-6-13(7-5-12)14(17)9-11-16/h4-7H,8-11,16H2,1-3H3. The summed E-state index contributed by atoms with van der Waals surface area (Å²) in [4.78, 5) is 11.6. The highest BCUT2D eigenvalue weighted by Gasteiger charge is 2.15. The lowest BCUT2D eigenvalue weighted by molar-refractivity contribution is 0.0158. The molecule has 2 N–H and O–H groups in total. The van der Waals surface area contributed by atoms with Gasteiger partial charge in [-0.1, -0.05) is 24.3 Å². The van der Waals surface area contributed by atoms with E-state index in [-0.39, 0.29) is 11.4 Å². The second kappa shape index (κ2) is 6.66. The number of Topliss-reactive ketones (excluding diaryl/α,β-unsaturated/α-hetero) is 1. The average Bonchev–Trinajstić information content (AvgIpc) is 2.37. The first-order valence-corrected chi connectivity index (χ1v) is 6.36. The molecule has 0 fully saturated rings. The van der Waals surface area contributed by atoms with Crippen molar-refractivity contribution in [2.75, 3.05) is 13.7 Å². The van der Waals surface area contributed by atoms with Crippen molar-refractivity contribution in [2.24, 2.45) is 5.73 Å². The van der Waals surface area contributed by atoms with Crippen LogP contribution in [0.5, 0.6) is 0 Å². The number of rotatable bonds is 7. The van der Waals surface area contributed by atoms with Crippen LogP contribution < -0.4 is 5.73 Å². The molecule has 1 aromatic carbocycles. The third-order valence-corrected chi connectivity index (χ3v) is 3.22. The number of hydrogen-bond acceptors (Lipinski definition) is 3. The first-order valence-electron chi connectivity index (χ1n) is 6.36. The zero-order chi connectivity index (χ0) is 13.6. The van der Waals surface area contributed by atoms with Gasteiger partial charge in [0.1, 0.15) is 0 Å². The third kappa shape index (κ3) is 4.59. The minimum atomic E-state index is -0.103. The molecule has 0 aromatic heterocycles. The number of ketones is 1. The van der Waals surface area contributed by atoms with E-state index < -0.39 is 0 Å². The quantitative estimate of drug-likeness (QED) is 0.756. The summed E-state index contributed by atoms with van der Waals surface area (Å²) in [6, 6.07) is 7.78. The van der Waals surface area contributed by atoms with Gasteiger partial charge in [0.05, 0.1) is 5.60 Å². The van der Waals surface area contributed by atoms with E-state index in [0.717, 1.165) is 18.4 Å². The predicted molar refractivity (Wildman–Crippen MR) is 73.9 cm³/mol. The lowest BCUT2D eigenvalue weighted by Gasteiger charge is -2.22. The van der Waals surface area contributed by atoms with Gasteiger partial charge in [-0.2, -0.15) is 0 Å². The van der Waals surface area contributed by atoms with Gasteiger partial charge in [-0.15, -0.1) is 0 Å². The molecular weight excluding hydrogens is 226 g/mol. The van der Waals surface area contributed by atoms with Crippen LogP contribution in [0.4, 0.5) is 0 Å². The van der Waals surface area contributed by atoms with Gasteiger partial charge in [-0.25, -0.2) is 0 Å². The Morgan fingerprint density at radius 1 is 1.28 bits per heavy atom. The van der Waals surface area contributed by atoms with Crippen molar-refractivity contribution < 1.29 is 9.53 Å². The summed E-state index contributed by atoms with van der Waals surface area (Å²) in [6.45, 7) is 4.56. The monoisotopic (exact) mass is 249 g/mol. The summed E-state index contributed by atoms with van der Waals surface area (Å²) < 4.78 is 5.39. The third-order valence-electron chi connectivity index (χ3n) is 3.22.